The largest absolute Gasteiger partial charge is 0.455 e. The predicted molar refractivity (Wildman–Crippen MR) is 96.2 cm³/mol. The molecule has 1 saturated heterocycles. The van der Waals surface area contributed by atoms with Crippen molar-refractivity contribution >= 4 is 23.0 Å². The predicted octanol–water partition coefficient (Wildman–Crippen LogP) is 3.94. The summed E-state index contributed by atoms with van der Waals surface area (Å²) < 4.78 is 11.5. The number of anilines is 1. The number of benzene rings is 2. The molecular formula is C18H20N2O2S. The Kier molecular flexibility index (Phi) is 5.45. The van der Waals surface area contributed by atoms with Crippen LogP contribution in [0.2, 0.25) is 0 Å². The van der Waals surface area contributed by atoms with Crippen molar-refractivity contribution in [2.75, 3.05) is 18.5 Å². The summed E-state index contributed by atoms with van der Waals surface area (Å²) in [5.41, 5.74) is 0.834. The van der Waals surface area contributed by atoms with Crippen LogP contribution < -0.4 is 15.4 Å². The zero-order valence-electron chi connectivity index (χ0n) is 12.8. The van der Waals surface area contributed by atoms with E-state index in [0.29, 0.717) is 5.11 Å². The fourth-order valence-corrected chi connectivity index (χ4v) is 2.65. The topological polar surface area (TPSA) is 42.5 Å². The summed E-state index contributed by atoms with van der Waals surface area (Å²) >= 11 is 5.36. The monoisotopic (exact) mass is 328 g/mol. The lowest BCUT2D eigenvalue weighted by molar-refractivity contribution is 0.114. The molecule has 1 heterocycles. The number of nitrogens with one attached hydrogen (secondary N) is 2. The fraction of sp³-hybridized carbons (Fsp3) is 0.278. The van der Waals surface area contributed by atoms with E-state index in [0.717, 1.165) is 43.2 Å². The molecule has 0 amide bonds. The van der Waals surface area contributed by atoms with Crippen molar-refractivity contribution in [1.82, 2.24) is 5.32 Å². The van der Waals surface area contributed by atoms with E-state index < -0.39 is 0 Å². The van der Waals surface area contributed by atoms with Crippen LogP contribution in [0.15, 0.2) is 54.6 Å². The van der Waals surface area contributed by atoms with Crippen molar-refractivity contribution in [2.45, 2.75) is 18.9 Å². The summed E-state index contributed by atoms with van der Waals surface area (Å²) in [6, 6.07) is 17.4. The molecule has 1 aliphatic rings. The van der Waals surface area contributed by atoms with Gasteiger partial charge in [0.15, 0.2) is 10.9 Å². The Morgan fingerprint density at radius 3 is 2.70 bits per heavy atom. The molecule has 1 fully saturated rings. The highest BCUT2D eigenvalue weighted by Gasteiger charge is 2.15. The summed E-state index contributed by atoms with van der Waals surface area (Å²) in [7, 11) is 0. The van der Waals surface area contributed by atoms with E-state index in [1.54, 1.807) is 0 Å². The maximum absolute atomic E-state index is 5.91. The molecule has 0 saturated carbocycles. The van der Waals surface area contributed by atoms with Crippen LogP contribution in [0.25, 0.3) is 0 Å². The van der Waals surface area contributed by atoms with Gasteiger partial charge in [0.1, 0.15) is 5.75 Å². The molecule has 0 bridgehead atoms. The van der Waals surface area contributed by atoms with Crippen molar-refractivity contribution in [1.29, 1.82) is 0 Å². The number of hydrogen-bond donors (Lipinski definition) is 2. The Hall–Kier alpha value is -2.11. The van der Waals surface area contributed by atoms with Gasteiger partial charge in [-0.15, -0.1) is 0 Å². The maximum atomic E-state index is 5.91. The molecule has 5 heteroatoms. The van der Waals surface area contributed by atoms with Gasteiger partial charge >= 0.3 is 0 Å². The average Bonchev–Trinajstić information content (AvgIpc) is 3.09. The van der Waals surface area contributed by atoms with Crippen molar-refractivity contribution in [3.8, 4) is 11.5 Å². The van der Waals surface area contributed by atoms with Gasteiger partial charge in [-0.3, -0.25) is 0 Å². The molecule has 1 atom stereocenters. The zero-order valence-corrected chi connectivity index (χ0v) is 13.6. The van der Waals surface area contributed by atoms with Gasteiger partial charge in [0, 0.05) is 13.2 Å². The quantitative estimate of drug-likeness (QED) is 0.814. The van der Waals surface area contributed by atoms with Crippen LogP contribution >= 0.6 is 12.2 Å². The Labute approximate surface area is 141 Å². The number of para-hydroxylation sites is 3. The second-order valence-electron chi connectivity index (χ2n) is 5.38. The van der Waals surface area contributed by atoms with Crippen LogP contribution in [0.3, 0.4) is 0 Å². The van der Waals surface area contributed by atoms with E-state index >= 15 is 0 Å². The minimum Gasteiger partial charge on any atom is -0.455 e. The van der Waals surface area contributed by atoms with Gasteiger partial charge in [-0.05, 0) is 49.3 Å². The van der Waals surface area contributed by atoms with E-state index in [4.69, 9.17) is 21.7 Å². The summed E-state index contributed by atoms with van der Waals surface area (Å²) in [5.74, 6) is 1.53. The molecule has 0 radical (unpaired) electrons. The van der Waals surface area contributed by atoms with Gasteiger partial charge in [-0.2, -0.15) is 0 Å². The van der Waals surface area contributed by atoms with Crippen LogP contribution in [-0.4, -0.2) is 24.4 Å². The maximum Gasteiger partial charge on any atom is 0.170 e. The van der Waals surface area contributed by atoms with Crippen LogP contribution in [0.1, 0.15) is 12.8 Å². The SMILES string of the molecule is S=C(NC[C@@H]1CCCO1)Nc1ccccc1Oc1ccccc1. The van der Waals surface area contributed by atoms with Crippen LogP contribution in [0, 0.1) is 0 Å². The first-order valence-corrected chi connectivity index (χ1v) is 8.20. The van der Waals surface area contributed by atoms with E-state index in [1.165, 1.54) is 0 Å². The highest BCUT2D eigenvalue weighted by atomic mass is 32.1. The third kappa shape index (κ3) is 4.68. The minimum absolute atomic E-state index is 0.255. The lowest BCUT2D eigenvalue weighted by Gasteiger charge is -2.16. The molecule has 23 heavy (non-hydrogen) atoms. The molecule has 0 spiro atoms. The fourth-order valence-electron chi connectivity index (χ4n) is 2.45. The lowest BCUT2D eigenvalue weighted by atomic mass is 10.2. The average molecular weight is 328 g/mol. The zero-order chi connectivity index (χ0) is 15.9. The second-order valence-corrected chi connectivity index (χ2v) is 5.79. The Bertz CT molecular complexity index is 642. The molecule has 2 aromatic rings. The van der Waals surface area contributed by atoms with Crippen molar-refractivity contribution < 1.29 is 9.47 Å². The number of thiocarbonyl (C=S) groups is 1. The minimum atomic E-state index is 0.255. The van der Waals surface area contributed by atoms with E-state index in [9.17, 15) is 0 Å². The van der Waals surface area contributed by atoms with Crippen LogP contribution in [-0.2, 0) is 4.74 Å². The molecule has 0 unspecified atom stereocenters. The van der Waals surface area contributed by atoms with E-state index in [1.807, 2.05) is 54.6 Å². The summed E-state index contributed by atoms with van der Waals surface area (Å²) in [4.78, 5) is 0. The third-order valence-corrected chi connectivity index (χ3v) is 3.87. The van der Waals surface area contributed by atoms with Crippen LogP contribution in [0.5, 0.6) is 11.5 Å². The summed E-state index contributed by atoms with van der Waals surface area (Å²) in [6.07, 6.45) is 2.47. The standard InChI is InChI=1S/C18H20N2O2S/c23-18(19-13-15-9-6-12-21-15)20-16-10-4-5-11-17(16)22-14-7-2-1-3-8-14/h1-5,7-8,10-11,15H,6,9,12-13H2,(H2,19,20,23)/t15-/m0/s1. The highest BCUT2D eigenvalue weighted by Crippen LogP contribution is 2.28. The van der Waals surface area contributed by atoms with Crippen molar-refractivity contribution in [3.05, 3.63) is 54.6 Å². The Morgan fingerprint density at radius 2 is 1.91 bits per heavy atom. The van der Waals surface area contributed by atoms with E-state index in [-0.39, 0.29) is 6.10 Å². The van der Waals surface area contributed by atoms with Gasteiger partial charge in [-0.1, -0.05) is 30.3 Å². The normalized spacial score (nSPS) is 16.8. The summed E-state index contributed by atoms with van der Waals surface area (Å²) in [6.45, 7) is 1.58. The molecular weight excluding hydrogens is 308 g/mol. The van der Waals surface area contributed by atoms with Crippen LogP contribution in [0.4, 0.5) is 5.69 Å². The lowest BCUT2D eigenvalue weighted by Crippen LogP contribution is -2.34. The second kappa shape index (κ2) is 7.94. The molecule has 2 N–H and O–H groups in total. The molecule has 0 aliphatic carbocycles. The Balaban J connectivity index is 1.59. The first-order chi connectivity index (χ1) is 11.3. The van der Waals surface area contributed by atoms with Gasteiger partial charge in [-0.25, -0.2) is 0 Å². The molecule has 0 aromatic heterocycles. The van der Waals surface area contributed by atoms with E-state index in [2.05, 4.69) is 10.6 Å². The van der Waals surface area contributed by atoms with Gasteiger partial charge in [0.05, 0.1) is 11.8 Å². The Morgan fingerprint density at radius 1 is 1.13 bits per heavy atom. The number of ether oxygens (including phenoxy) is 2. The third-order valence-electron chi connectivity index (χ3n) is 3.62. The molecule has 4 nitrogen and oxygen atoms in total. The highest BCUT2D eigenvalue weighted by molar-refractivity contribution is 7.80. The van der Waals surface area contributed by atoms with Gasteiger partial charge in [0.2, 0.25) is 0 Å². The smallest absolute Gasteiger partial charge is 0.170 e. The molecule has 2 aromatic carbocycles. The molecule has 1 aliphatic heterocycles. The molecule has 3 rings (SSSR count). The first kappa shape index (κ1) is 15.8. The number of hydrogen-bond acceptors (Lipinski definition) is 3. The van der Waals surface area contributed by atoms with Crippen molar-refractivity contribution in [3.63, 3.8) is 0 Å². The number of rotatable bonds is 5. The van der Waals surface area contributed by atoms with Gasteiger partial charge in [0.25, 0.3) is 0 Å². The van der Waals surface area contributed by atoms with Gasteiger partial charge < -0.3 is 20.1 Å². The van der Waals surface area contributed by atoms with Crippen molar-refractivity contribution in [2.24, 2.45) is 0 Å². The molecule has 120 valence electrons. The first-order valence-electron chi connectivity index (χ1n) is 7.79. The summed E-state index contributed by atoms with van der Waals surface area (Å²) in [5, 5.41) is 6.97.